The first-order valence-electron chi connectivity index (χ1n) is 14.4. The van der Waals surface area contributed by atoms with E-state index in [-0.39, 0.29) is 0 Å². The summed E-state index contributed by atoms with van der Waals surface area (Å²) in [5.74, 6) is 1.85. The van der Waals surface area contributed by atoms with Crippen LogP contribution in [0, 0.1) is 14.3 Å². The normalized spacial score (nSPS) is 13.8. The van der Waals surface area contributed by atoms with Crippen molar-refractivity contribution in [1.29, 1.82) is 0 Å². The summed E-state index contributed by atoms with van der Waals surface area (Å²) in [6.07, 6.45) is -11.2. The molecular weight excluding hydrogens is 1010 g/mol. The third kappa shape index (κ3) is 12.4. The molecule has 2 atom stereocenters. The molecule has 4 aromatic rings. The predicted molar refractivity (Wildman–Crippen MR) is 197 cm³/mol. The molecule has 4 rings (SSSR count). The zero-order chi connectivity index (χ0) is 40.5. The summed E-state index contributed by atoms with van der Waals surface area (Å²) in [5.41, 5.74) is -8.25. The zero-order valence-electron chi connectivity index (χ0n) is 28.1. The van der Waals surface area contributed by atoms with E-state index in [1.807, 2.05) is 0 Å². The summed E-state index contributed by atoms with van der Waals surface area (Å²) in [7, 11) is -5.37. The van der Waals surface area contributed by atoms with Crippen molar-refractivity contribution in [3.63, 3.8) is 0 Å². The monoisotopic (exact) mass is 1040 g/mol. The number of hydrogen-bond acceptors (Lipinski definition) is 10. The van der Waals surface area contributed by atoms with Crippen LogP contribution >= 0.6 is 40.5 Å². The Morgan fingerprint density at radius 3 is 0.759 bits per heavy atom. The van der Waals surface area contributed by atoms with E-state index in [0.717, 1.165) is 0 Å². The molecule has 2 unspecified atom stereocenters. The van der Waals surface area contributed by atoms with Crippen LogP contribution in [0.2, 0.25) is 0 Å². The summed E-state index contributed by atoms with van der Waals surface area (Å²) in [6, 6.07) is 23.9. The van der Waals surface area contributed by atoms with Crippen molar-refractivity contribution in [2.24, 2.45) is 0 Å². The fourth-order valence-electron chi connectivity index (χ4n) is 3.70. The van der Waals surface area contributed by atoms with Crippen LogP contribution in [0.3, 0.4) is 0 Å². The Balaban J connectivity index is 0.000000290. The second kappa shape index (κ2) is 19.1. The molecule has 0 fully saturated rings. The molecule has 0 heterocycles. The van der Waals surface area contributed by atoms with Crippen LogP contribution in [-0.4, -0.2) is 68.6 Å². The average Bonchev–Trinajstić information content (AvgIpc) is 3.15. The van der Waals surface area contributed by atoms with Crippen molar-refractivity contribution < 1.29 is 75.9 Å². The van der Waals surface area contributed by atoms with Gasteiger partial charge in [0.25, 0.3) is 0 Å². The van der Waals surface area contributed by atoms with E-state index < -0.39 is 84.1 Å². The van der Waals surface area contributed by atoms with Gasteiger partial charge in [0.05, 0.1) is 0 Å². The number of alkyl halides is 8. The molecular formula is C32H30F8I2O10S2. The molecule has 4 aromatic carbocycles. The Kier molecular flexibility index (Phi) is 16.0. The number of ether oxygens (including phenoxy) is 4. The van der Waals surface area contributed by atoms with E-state index in [4.69, 9.17) is 24.0 Å². The van der Waals surface area contributed by atoms with Gasteiger partial charge in [-0.3, -0.25) is 0 Å². The minimum atomic E-state index is -5.58. The van der Waals surface area contributed by atoms with Gasteiger partial charge in [-0.2, -0.15) is 0 Å². The molecule has 0 aromatic heterocycles. The van der Waals surface area contributed by atoms with Gasteiger partial charge in [-0.05, 0) is 0 Å². The standard InChI is InChI=1S/2C16H15F4IO5S/c2*1-24-13-7-3-11(4-8-13)21(12-5-9-14(25-2)10-6-12)26-27(22,23)15(17)16(18,19)20/h2*3-10,15H,1-2H3. The van der Waals surface area contributed by atoms with Crippen LogP contribution in [0.15, 0.2) is 97.1 Å². The van der Waals surface area contributed by atoms with Crippen molar-refractivity contribution in [2.75, 3.05) is 28.4 Å². The minimum absolute atomic E-state index is 0.350. The van der Waals surface area contributed by atoms with Gasteiger partial charge in [0, 0.05) is 0 Å². The summed E-state index contributed by atoms with van der Waals surface area (Å²) in [4.78, 5) is 0. The Morgan fingerprint density at radius 2 is 0.611 bits per heavy atom. The van der Waals surface area contributed by atoms with Gasteiger partial charge < -0.3 is 0 Å². The van der Waals surface area contributed by atoms with E-state index in [1.54, 1.807) is 0 Å². The average molecular weight is 1040 g/mol. The molecule has 0 N–H and O–H groups in total. The predicted octanol–water partition coefficient (Wildman–Crippen LogP) is 8.74. The zero-order valence-corrected chi connectivity index (χ0v) is 34.0. The Hall–Kier alpha value is -3.20. The Labute approximate surface area is 320 Å². The van der Waals surface area contributed by atoms with Gasteiger partial charge in [-0.1, -0.05) is 0 Å². The molecule has 0 spiro atoms. The van der Waals surface area contributed by atoms with Gasteiger partial charge in [0.1, 0.15) is 0 Å². The number of rotatable bonds is 14. The third-order valence-electron chi connectivity index (χ3n) is 6.31. The van der Waals surface area contributed by atoms with Crippen molar-refractivity contribution >= 4 is 60.7 Å². The third-order valence-corrected chi connectivity index (χ3v) is 21.0. The molecule has 0 amide bonds. The summed E-state index contributed by atoms with van der Waals surface area (Å²) in [5, 5.41) is 0. The molecule has 0 saturated heterocycles. The van der Waals surface area contributed by atoms with Crippen LogP contribution in [0.25, 0.3) is 0 Å². The maximum atomic E-state index is 13.5. The van der Waals surface area contributed by atoms with Crippen LogP contribution in [0.1, 0.15) is 0 Å². The van der Waals surface area contributed by atoms with Crippen LogP contribution in [0.5, 0.6) is 23.0 Å². The second-order valence-corrected chi connectivity index (χ2v) is 23.0. The second-order valence-electron chi connectivity index (χ2n) is 9.96. The molecule has 0 bridgehead atoms. The molecule has 0 aliphatic carbocycles. The summed E-state index contributed by atoms with van der Waals surface area (Å²) in [6.45, 7) is 0. The van der Waals surface area contributed by atoms with Crippen LogP contribution in [0.4, 0.5) is 35.1 Å². The van der Waals surface area contributed by atoms with E-state index in [0.29, 0.717) is 37.3 Å². The molecule has 22 heteroatoms. The SMILES string of the molecule is COc1ccc(I(OS(=O)(=O)C(F)C(F)(F)F)c2ccc(OC)cc2)cc1.COc1ccc(I(OS(=O)(=O)C(F)C(F)(F)F)c2ccc(OC)cc2)cc1. The molecule has 0 aliphatic rings. The van der Waals surface area contributed by atoms with Crippen LogP contribution in [-0.2, 0) is 25.3 Å². The Bertz CT molecular complexity index is 1760. The van der Waals surface area contributed by atoms with E-state index >= 15 is 0 Å². The molecule has 0 saturated carbocycles. The molecule has 10 nitrogen and oxygen atoms in total. The van der Waals surface area contributed by atoms with Gasteiger partial charge in [-0.25, -0.2) is 0 Å². The fraction of sp³-hybridized carbons (Fsp3) is 0.250. The number of halogens is 10. The molecule has 0 radical (unpaired) electrons. The number of hydrogen-bond donors (Lipinski definition) is 0. The quantitative estimate of drug-likeness (QED) is 0.0896. The molecule has 300 valence electrons. The number of methoxy groups -OCH3 is 4. The topological polar surface area (TPSA) is 124 Å². The molecule has 54 heavy (non-hydrogen) atoms. The number of benzene rings is 4. The van der Waals surface area contributed by atoms with Crippen LogP contribution < -0.4 is 18.9 Å². The first-order valence-corrected chi connectivity index (χ1v) is 23.4. The maximum absolute atomic E-state index is 13.5. The van der Waals surface area contributed by atoms with Gasteiger partial charge in [0.2, 0.25) is 0 Å². The van der Waals surface area contributed by atoms with E-state index in [9.17, 15) is 52.0 Å². The van der Waals surface area contributed by atoms with E-state index in [2.05, 4.69) is 0 Å². The van der Waals surface area contributed by atoms with Crippen molar-refractivity contribution in [1.82, 2.24) is 0 Å². The fourth-order valence-corrected chi connectivity index (χ4v) is 17.2. The van der Waals surface area contributed by atoms with Gasteiger partial charge in [-0.15, -0.1) is 0 Å². The van der Waals surface area contributed by atoms with Gasteiger partial charge in [0.15, 0.2) is 0 Å². The van der Waals surface area contributed by atoms with E-state index in [1.165, 1.54) is 126 Å². The van der Waals surface area contributed by atoms with Crippen molar-refractivity contribution in [3.05, 3.63) is 111 Å². The summed E-state index contributed by atoms with van der Waals surface area (Å²) >= 11 is -6.85. The first-order chi connectivity index (χ1) is 25.2. The molecule has 0 aliphatic heterocycles. The van der Waals surface area contributed by atoms with Gasteiger partial charge >= 0.3 is 323 Å². The first kappa shape index (κ1) is 45.2. The van der Waals surface area contributed by atoms with Crippen molar-refractivity contribution in [3.8, 4) is 23.0 Å². The summed E-state index contributed by atoms with van der Waals surface area (Å²) < 4.78 is 181. The Morgan fingerprint density at radius 1 is 0.426 bits per heavy atom. The van der Waals surface area contributed by atoms with Crippen molar-refractivity contribution in [2.45, 2.75) is 23.4 Å².